The molecule has 6 heterocycles. The molecule has 0 bridgehead atoms. The summed E-state index contributed by atoms with van der Waals surface area (Å²) in [4.78, 5) is 17.4. The Balaban J connectivity index is 0.000000210. The van der Waals surface area contributed by atoms with Crippen molar-refractivity contribution < 1.29 is 76.4 Å². The molecule has 22 rings (SSSR count). The van der Waals surface area contributed by atoms with Crippen LogP contribution in [0.2, 0.25) is 0 Å². The van der Waals surface area contributed by atoms with Crippen molar-refractivity contribution in [3.8, 4) is 78.4 Å². The number of hydrogen-bond acceptors (Lipinski definition) is 6. The predicted octanol–water partition coefficient (Wildman–Crippen LogP) is 36.4. The zero-order valence-corrected chi connectivity index (χ0v) is 91.4. The van der Waals surface area contributed by atoms with Gasteiger partial charge in [0.15, 0.2) is 0 Å². The van der Waals surface area contributed by atoms with Gasteiger partial charge in [-0.25, -0.2) is 9.97 Å². The van der Waals surface area contributed by atoms with E-state index in [2.05, 4.69) is 253 Å². The Kier molecular flexibility index (Phi) is 20.0. The van der Waals surface area contributed by atoms with Gasteiger partial charge in [-0.2, -0.15) is 88.5 Å². The number of pyridine rings is 2. The second-order valence-corrected chi connectivity index (χ2v) is 43.3. The summed E-state index contributed by atoms with van der Waals surface area (Å²) in [7, 11) is 0. The minimum absolute atomic E-state index is 0. The van der Waals surface area contributed by atoms with E-state index in [1.807, 2.05) is 135 Å². The van der Waals surface area contributed by atoms with Crippen molar-refractivity contribution in [3.63, 3.8) is 0 Å². The van der Waals surface area contributed by atoms with Gasteiger partial charge in [-0.3, -0.25) is 0 Å². The smallest absolute Gasteiger partial charge is 0.135 e. The first-order chi connectivity index (χ1) is 79.7. The van der Waals surface area contributed by atoms with Crippen molar-refractivity contribution in [2.75, 3.05) is 19.6 Å². The maximum absolute atomic E-state index is 9.65. The van der Waals surface area contributed by atoms with Crippen LogP contribution in [0.4, 0.5) is 45.5 Å². The van der Waals surface area contributed by atoms with Gasteiger partial charge in [0.1, 0.15) is 11.6 Å². The molecule has 0 saturated carbocycles. The third-order valence-electron chi connectivity index (χ3n) is 28.8. The maximum Gasteiger partial charge on any atom is 0.135 e. The SMILES string of the molecule is [2H]c1c([2H])c([2H])c(-c2c(C)c(-c3c([2H])c([2H])c([2H])c([2H])c3[2H])c(N3[CH-]N(c4[c-]c(C(C)(C)c5[c-]c6c(cc5)c5ccccc5n6-c5cc(C(C)(C)C)ccn5)cc(-c5c(C)cc(C)cc5C)c4)c4ccccc43)c(-c3c([2H])c([2H])c([2H])c([2H])c3[2H])c2C)c([2H])c1[2H].[2H]c1c([2H])c([2H])c(-c2c(C)c(C(C)(C)C)c(C)c(-c3c([2H])c([2H])c([2H])c([2H])c3[2H])c2N2[CH-]N(c3[c-]c(C(C)(C)c4[c-]c5c(cc4)c4ccccc4n5-c4cc(C(C)(C)C)ccn4)cc(C(C)(C)C)c3)c3ccccc32)c([2H])c1[2H].[Pt].[Pt]. The number of hydrogen-bond donors (Lipinski definition) is 0. The van der Waals surface area contributed by atoms with E-state index in [1.165, 1.54) is 5.56 Å². The average Bonchev–Trinajstić information content (AvgIpc) is 1.27. The molecular formula is C137H128N8Pt2-6. The van der Waals surface area contributed by atoms with Crippen molar-refractivity contribution in [2.45, 2.75) is 192 Å². The first-order valence-corrected chi connectivity index (χ1v) is 49.1. The van der Waals surface area contributed by atoms with Crippen molar-refractivity contribution in [3.05, 3.63) is 466 Å². The van der Waals surface area contributed by atoms with Crippen LogP contribution in [0.5, 0.6) is 0 Å². The van der Waals surface area contributed by atoms with Crippen molar-refractivity contribution >= 4 is 89.1 Å². The number of fused-ring (bicyclic) bond motifs is 8. The van der Waals surface area contributed by atoms with E-state index >= 15 is 0 Å². The first-order valence-electron chi connectivity index (χ1n) is 61.6. The second kappa shape index (κ2) is 39.3. The molecule has 0 unspecified atom stereocenters. The van der Waals surface area contributed by atoms with Crippen LogP contribution in [0, 0.1) is 86.1 Å². The predicted molar refractivity (Wildman–Crippen MR) is 613 cm³/mol. The summed E-state index contributed by atoms with van der Waals surface area (Å²) < 4.78 is 233. The van der Waals surface area contributed by atoms with Crippen LogP contribution in [-0.4, -0.2) is 19.1 Å². The minimum Gasteiger partial charge on any atom is -0.493 e. The summed E-state index contributed by atoms with van der Waals surface area (Å²) >= 11 is 0. The number of benzene rings is 16. The molecule has 0 spiro atoms. The standard InChI is InChI=1S/C72H63N4.C65H65N4.2Pt/c1-46-38-47(2)66(48(3)39-46)54-40-57(72(9,10)56-34-35-60-59-30-20-21-31-61(59)76(64(60)43-56)65-44-55(36-37-73-65)71(6,7)8)42-58(41-54)74-45-75(63-33-23-22-32-62(63)74)70-68(52-26-16-12-17-27-52)49(4)67(51-24-14-11-15-25-51)50(5)69(70)53-28-18-13-19-29-53;1-42-58(44-24-16-14-17-25-44)61(59(45-26-18-15-19-27-45)43(2)60(42)64(9,10)11)68-41-67(54-30-22-23-31-55(54)68)50-37-48(63(6,7)8)36-49(38-50)65(12,13)47-32-33-52-51-28-20-21-29-53(51)69(56(52)39-47)57-40-46(34-35-66-57)62(3,4)5;;/h11-41,44-45H,1-10H3;14-37,40-41H,1-13H3;;/q2*-3;;/i11D,12D,13D,14D,15D,16D,17D,18D,19D,24D,25D,26D,27D,28D,29D;14D,15D,16D,17D,18D,19D,24D,25D,26D,27D;;. The molecule has 2 aliphatic heterocycles. The van der Waals surface area contributed by atoms with Gasteiger partial charge in [-0.1, -0.05) is 351 Å². The van der Waals surface area contributed by atoms with Crippen LogP contribution >= 0.6 is 0 Å². The van der Waals surface area contributed by atoms with Gasteiger partial charge in [-0.05, 0) is 241 Å². The maximum atomic E-state index is 9.65. The van der Waals surface area contributed by atoms with Crippen LogP contribution in [0.25, 0.3) is 122 Å². The van der Waals surface area contributed by atoms with Gasteiger partial charge >= 0.3 is 0 Å². The third kappa shape index (κ3) is 18.4. The summed E-state index contributed by atoms with van der Waals surface area (Å²) in [6.45, 7) is 51.1. The van der Waals surface area contributed by atoms with Crippen LogP contribution in [0.3, 0.4) is 0 Å². The Hall–Kier alpha value is -14.0. The minimum atomic E-state index is -0.831. The molecule has 10 heteroatoms. The summed E-state index contributed by atoms with van der Waals surface area (Å²) in [5, 5.41) is 4.21. The fourth-order valence-electron chi connectivity index (χ4n) is 21.6. The molecule has 0 N–H and O–H groups in total. The summed E-state index contributed by atoms with van der Waals surface area (Å²) in [5.41, 5.74) is 18.2. The van der Waals surface area contributed by atoms with E-state index in [0.717, 1.165) is 128 Å². The molecule has 0 radical (unpaired) electrons. The molecular weight excluding hydrogens is 2150 g/mol. The van der Waals surface area contributed by atoms with Crippen LogP contribution in [0.15, 0.2) is 345 Å². The fourth-order valence-corrected chi connectivity index (χ4v) is 21.6. The molecule has 4 aromatic heterocycles. The Labute approximate surface area is 935 Å². The van der Waals surface area contributed by atoms with Gasteiger partial charge in [-0.15, -0.1) is 53.2 Å². The number of aryl methyl sites for hydroxylation is 3. The van der Waals surface area contributed by atoms with Gasteiger partial charge in [0, 0.05) is 122 Å². The Bertz CT molecular complexity index is 9770. The van der Waals surface area contributed by atoms with Gasteiger partial charge in [0.05, 0.1) is 34.3 Å². The largest absolute Gasteiger partial charge is 0.493 e. The molecule has 0 saturated heterocycles. The van der Waals surface area contributed by atoms with Crippen molar-refractivity contribution in [1.29, 1.82) is 0 Å². The molecule has 8 nitrogen and oxygen atoms in total. The molecule has 2 aliphatic rings. The van der Waals surface area contributed by atoms with Gasteiger partial charge in [0.2, 0.25) is 0 Å². The Morgan fingerprint density at radius 1 is 0.279 bits per heavy atom. The molecule has 16 aromatic carbocycles. The normalized spacial score (nSPS) is 15.3. The quantitative estimate of drug-likeness (QED) is 0.0899. The number of aromatic nitrogens is 4. The van der Waals surface area contributed by atoms with Crippen molar-refractivity contribution in [2.24, 2.45) is 0 Å². The summed E-state index contributed by atoms with van der Waals surface area (Å²) in [6.07, 6.45) is 3.73. The zero-order chi connectivity index (χ0) is 123. The van der Waals surface area contributed by atoms with Crippen LogP contribution in [-0.2, 0) is 74.6 Å². The number of para-hydroxylation sites is 6. The van der Waals surface area contributed by atoms with Crippen molar-refractivity contribution in [1.82, 2.24) is 19.1 Å². The number of nitrogens with zero attached hydrogens (tertiary/aromatic N) is 8. The number of rotatable bonds is 16. The van der Waals surface area contributed by atoms with E-state index in [-0.39, 0.29) is 131 Å². The topological polar surface area (TPSA) is 48.6 Å². The van der Waals surface area contributed by atoms with E-state index < -0.39 is 167 Å². The van der Waals surface area contributed by atoms with Crippen LogP contribution in [0.1, 0.15) is 229 Å². The monoisotopic (exact) mass is 2300 g/mol. The van der Waals surface area contributed by atoms with E-state index in [4.69, 9.17) is 30.5 Å². The third-order valence-corrected chi connectivity index (χ3v) is 28.8. The molecule has 0 amide bonds. The molecule has 0 atom stereocenters. The average molecular weight is 2300 g/mol. The second-order valence-electron chi connectivity index (χ2n) is 43.3. The molecule has 0 fully saturated rings. The fraction of sp³-hybridized carbons (Fsp3) is 0.212. The first kappa shape index (κ1) is 74.8. The van der Waals surface area contributed by atoms with Gasteiger partial charge in [0.25, 0.3) is 0 Å². The molecule has 147 heavy (non-hydrogen) atoms. The van der Waals surface area contributed by atoms with E-state index in [1.54, 1.807) is 31.5 Å². The summed E-state index contributed by atoms with van der Waals surface area (Å²) in [5.74, 6) is 1.57. The molecule has 742 valence electrons. The molecule has 0 aliphatic carbocycles. The molecule has 20 aromatic rings. The van der Waals surface area contributed by atoms with E-state index in [0.29, 0.717) is 45.3 Å². The zero-order valence-electron chi connectivity index (χ0n) is 112. The number of anilines is 8. The van der Waals surface area contributed by atoms with Crippen LogP contribution < -0.4 is 19.6 Å². The Morgan fingerprint density at radius 3 is 0.980 bits per heavy atom. The van der Waals surface area contributed by atoms with Gasteiger partial charge < -0.3 is 28.7 Å². The summed E-state index contributed by atoms with van der Waals surface area (Å²) in [6, 6.07) is 62.2. The Morgan fingerprint density at radius 2 is 0.612 bits per heavy atom. The van der Waals surface area contributed by atoms with E-state index in [9.17, 15) is 13.7 Å².